The van der Waals surface area contributed by atoms with Crippen molar-refractivity contribution in [3.05, 3.63) is 47.7 Å². The number of nitrogens with zero attached hydrogens (tertiary/aromatic N) is 2. The summed E-state index contributed by atoms with van der Waals surface area (Å²) in [5, 5.41) is 6.99. The normalized spacial score (nSPS) is 11.1. The second kappa shape index (κ2) is 8.60. The van der Waals surface area contributed by atoms with Gasteiger partial charge in [-0.05, 0) is 31.7 Å². The maximum absolute atomic E-state index is 12.3. The summed E-state index contributed by atoms with van der Waals surface area (Å²) in [5.74, 6) is 1.06. The molecule has 0 saturated carbocycles. The Morgan fingerprint density at radius 1 is 1.04 bits per heavy atom. The van der Waals surface area contributed by atoms with Gasteiger partial charge in [-0.2, -0.15) is 5.10 Å². The highest BCUT2D eigenvalue weighted by molar-refractivity contribution is 5.99. The molecular weight excluding hydrogens is 314 g/mol. The number of Topliss-reactive ketones (excluding diaryl/α,β-unsaturated/α-hetero) is 1. The minimum Gasteiger partial charge on any atom is -0.311 e. The van der Waals surface area contributed by atoms with E-state index in [0.29, 0.717) is 17.3 Å². The molecule has 1 N–H and O–H groups in total. The minimum atomic E-state index is -0.174. The third kappa shape index (κ3) is 5.55. The van der Waals surface area contributed by atoms with Crippen LogP contribution in [0.25, 0.3) is 0 Å². The van der Waals surface area contributed by atoms with Gasteiger partial charge >= 0.3 is 0 Å². The maximum atomic E-state index is 12.3. The maximum Gasteiger partial charge on any atom is 0.225 e. The average molecular weight is 341 g/mol. The minimum absolute atomic E-state index is 0.0105. The van der Waals surface area contributed by atoms with Gasteiger partial charge in [0, 0.05) is 30.5 Å². The predicted molar refractivity (Wildman–Crippen MR) is 99.8 cm³/mol. The van der Waals surface area contributed by atoms with Crippen LogP contribution in [0.4, 0.5) is 5.82 Å². The molecule has 0 atom stereocenters. The molecule has 1 aromatic carbocycles. The molecule has 25 heavy (non-hydrogen) atoms. The number of anilines is 1. The van der Waals surface area contributed by atoms with E-state index in [4.69, 9.17) is 0 Å². The Labute approximate surface area is 149 Å². The molecule has 5 nitrogen and oxygen atoms in total. The van der Waals surface area contributed by atoms with E-state index in [1.807, 2.05) is 38.1 Å². The van der Waals surface area contributed by atoms with Crippen molar-refractivity contribution in [2.24, 2.45) is 5.92 Å². The Morgan fingerprint density at radius 3 is 2.32 bits per heavy atom. The molecule has 0 unspecified atom stereocenters. The summed E-state index contributed by atoms with van der Waals surface area (Å²) >= 11 is 0. The zero-order valence-corrected chi connectivity index (χ0v) is 15.5. The fourth-order valence-corrected chi connectivity index (χ4v) is 2.70. The number of hydrogen-bond acceptors (Lipinski definition) is 3. The van der Waals surface area contributed by atoms with Crippen molar-refractivity contribution in [1.29, 1.82) is 0 Å². The summed E-state index contributed by atoms with van der Waals surface area (Å²) in [6, 6.07) is 9.62. The lowest BCUT2D eigenvalue weighted by Gasteiger charge is -2.11. The lowest BCUT2D eigenvalue weighted by Crippen LogP contribution is -2.17. The number of aromatic nitrogens is 2. The van der Waals surface area contributed by atoms with E-state index in [1.54, 1.807) is 16.9 Å². The van der Waals surface area contributed by atoms with Crippen LogP contribution in [-0.4, -0.2) is 21.5 Å². The zero-order chi connectivity index (χ0) is 18.4. The first-order valence-corrected chi connectivity index (χ1v) is 8.82. The van der Waals surface area contributed by atoms with E-state index in [-0.39, 0.29) is 30.6 Å². The number of ketones is 1. The third-order valence-corrected chi connectivity index (χ3v) is 3.93. The van der Waals surface area contributed by atoms with Crippen LogP contribution < -0.4 is 5.32 Å². The van der Waals surface area contributed by atoms with Crippen molar-refractivity contribution in [1.82, 2.24) is 9.78 Å². The van der Waals surface area contributed by atoms with E-state index in [1.165, 1.54) is 5.56 Å². The van der Waals surface area contributed by atoms with Gasteiger partial charge < -0.3 is 5.32 Å². The number of benzene rings is 1. The van der Waals surface area contributed by atoms with Gasteiger partial charge in [0.25, 0.3) is 0 Å². The Morgan fingerprint density at radius 2 is 1.72 bits per heavy atom. The number of nitrogens with one attached hydrogen (secondary N) is 1. The number of carbonyl (C=O) groups is 2. The fourth-order valence-electron chi connectivity index (χ4n) is 2.70. The number of hydrogen-bond donors (Lipinski definition) is 1. The summed E-state index contributed by atoms with van der Waals surface area (Å²) in [6.45, 7) is 8.33. The molecule has 0 saturated heterocycles. The molecule has 0 spiro atoms. The van der Waals surface area contributed by atoms with Crippen LogP contribution in [0.5, 0.6) is 0 Å². The molecule has 134 valence electrons. The van der Waals surface area contributed by atoms with Gasteiger partial charge in [0.2, 0.25) is 5.91 Å². The van der Waals surface area contributed by atoms with Crippen LogP contribution in [0, 0.1) is 5.92 Å². The van der Waals surface area contributed by atoms with Gasteiger partial charge in [-0.25, -0.2) is 4.68 Å². The molecule has 0 bridgehead atoms. The molecule has 0 aliphatic heterocycles. The van der Waals surface area contributed by atoms with Crippen LogP contribution in [0.3, 0.4) is 0 Å². The van der Waals surface area contributed by atoms with Crippen LogP contribution in [0.15, 0.2) is 36.5 Å². The quantitative estimate of drug-likeness (QED) is 0.730. The summed E-state index contributed by atoms with van der Waals surface area (Å²) in [5.41, 5.74) is 1.89. The summed E-state index contributed by atoms with van der Waals surface area (Å²) in [6.07, 6.45) is 3.01. The molecule has 5 heteroatoms. The van der Waals surface area contributed by atoms with Gasteiger partial charge in [-0.15, -0.1) is 0 Å². The standard InChI is InChI=1S/C20H27N3O2/c1-14(2)13-16-5-7-17(8-6-16)18(24)9-10-20(25)22-19-11-12-21-23(19)15(3)4/h5-8,11-12,14-15H,9-10,13H2,1-4H3,(H,22,25). The Bertz CT molecular complexity index is 715. The van der Waals surface area contributed by atoms with Crippen molar-refractivity contribution in [3.8, 4) is 0 Å². The van der Waals surface area contributed by atoms with Crippen LogP contribution in [0.2, 0.25) is 0 Å². The fraction of sp³-hybridized carbons (Fsp3) is 0.450. The molecule has 0 fully saturated rings. The summed E-state index contributed by atoms with van der Waals surface area (Å²) < 4.78 is 1.74. The molecular formula is C20H27N3O2. The predicted octanol–water partition coefficient (Wildman–Crippen LogP) is 4.26. The summed E-state index contributed by atoms with van der Waals surface area (Å²) in [7, 11) is 0. The van der Waals surface area contributed by atoms with E-state index in [2.05, 4.69) is 24.3 Å². The topological polar surface area (TPSA) is 64.0 Å². The molecule has 2 aromatic rings. The van der Waals surface area contributed by atoms with Crippen molar-refractivity contribution >= 4 is 17.5 Å². The summed E-state index contributed by atoms with van der Waals surface area (Å²) in [4.78, 5) is 24.4. The van der Waals surface area contributed by atoms with Crippen LogP contribution >= 0.6 is 0 Å². The number of carbonyl (C=O) groups excluding carboxylic acids is 2. The lowest BCUT2D eigenvalue weighted by atomic mass is 9.99. The first-order chi connectivity index (χ1) is 11.9. The highest BCUT2D eigenvalue weighted by Crippen LogP contribution is 2.15. The van der Waals surface area contributed by atoms with Gasteiger partial charge in [0.15, 0.2) is 5.78 Å². The van der Waals surface area contributed by atoms with Crippen molar-refractivity contribution in [3.63, 3.8) is 0 Å². The Balaban J connectivity index is 1.86. The first-order valence-electron chi connectivity index (χ1n) is 8.82. The zero-order valence-electron chi connectivity index (χ0n) is 15.5. The first kappa shape index (κ1) is 18.9. The van der Waals surface area contributed by atoms with E-state index >= 15 is 0 Å². The molecule has 0 radical (unpaired) electrons. The molecule has 2 rings (SSSR count). The highest BCUT2D eigenvalue weighted by Gasteiger charge is 2.12. The Kier molecular flexibility index (Phi) is 6.51. The van der Waals surface area contributed by atoms with Crippen LogP contribution in [-0.2, 0) is 11.2 Å². The van der Waals surface area contributed by atoms with E-state index in [0.717, 1.165) is 6.42 Å². The molecule has 0 aliphatic rings. The average Bonchev–Trinajstić information content (AvgIpc) is 3.01. The van der Waals surface area contributed by atoms with E-state index in [9.17, 15) is 9.59 Å². The monoisotopic (exact) mass is 341 g/mol. The van der Waals surface area contributed by atoms with Gasteiger partial charge in [-0.1, -0.05) is 38.1 Å². The third-order valence-electron chi connectivity index (χ3n) is 3.93. The van der Waals surface area contributed by atoms with Crippen molar-refractivity contribution < 1.29 is 9.59 Å². The number of amides is 1. The second-order valence-corrected chi connectivity index (χ2v) is 7.02. The molecule has 1 aromatic heterocycles. The van der Waals surface area contributed by atoms with Gasteiger partial charge in [0.05, 0.1) is 6.20 Å². The lowest BCUT2D eigenvalue weighted by molar-refractivity contribution is -0.116. The van der Waals surface area contributed by atoms with Crippen molar-refractivity contribution in [2.75, 3.05) is 5.32 Å². The van der Waals surface area contributed by atoms with Crippen molar-refractivity contribution in [2.45, 2.75) is 53.0 Å². The largest absolute Gasteiger partial charge is 0.311 e. The SMILES string of the molecule is CC(C)Cc1ccc(C(=O)CCC(=O)Nc2ccnn2C(C)C)cc1. The van der Waals surface area contributed by atoms with Gasteiger partial charge in [-0.3, -0.25) is 9.59 Å². The van der Waals surface area contributed by atoms with Crippen LogP contribution in [0.1, 0.15) is 62.5 Å². The smallest absolute Gasteiger partial charge is 0.225 e. The molecule has 1 heterocycles. The molecule has 0 aliphatic carbocycles. The van der Waals surface area contributed by atoms with E-state index < -0.39 is 0 Å². The highest BCUT2D eigenvalue weighted by atomic mass is 16.2. The molecule has 1 amide bonds. The second-order valence-electron chi connectivity index (χ2n) is 7.02. The Hall–Kier alpha value is -2.43. The van der Waals surface area contributed by atoms with Gasteiger partial charge in [0.1, 0.15) is 5.82 Å². The number of rotatable bonds is 8.